The molecular formula is C21H19F6N7O2. The normalized spacial score (nSPS) is 23.1. The first kappa shape index (κ1) is 24.0. The first-order valence-corrected chi connectivity index (χ1v) is 10.9. The number of halogens is 6. The smallest absolute Gasteiger partial charge is 0.437 e. The van der Waals surface area contributed by atoms with Gasteiger partial charge in [0.05, 0.1) is 0 Å². The summed E-state index contributed by atoms with van der Waals surface area (Å²) in [5.41, 5.74) is -1.76. The van der Waals surface area contributed by atoms with Crippen LogP contribution in [0.15, 0.2) is 16.5 Å². The van der Waals surface area contributed by atoms with Gasteiger partial charge in [-0.3, -0.25) is 0 Å². The molecule has 3 aromatic heterocycles. The molecule has 0 aromatic carbocycles. The summed E-state index contributed by atoms with van der Waals surface area (Å²) in [4.78, 5) is 6.01. The Labute approximate surface area is 199 Å². The molecule has 0 radical (unpaired) electrons. The number of pyridine rings is 1. The van der Waals surface area contributed by atoms with Gasteiger partial charge < -0.3 is 19.4 Å². The van der Waals surface area contributed by atoms with Crippen molar-refractivity contribution < 1.29 is 35.5 Å². The van der Waals surface area contributed by atoms with E-state index in [0.29, 0.717) is 35.6 Å². The van der Waals surface area contributed by atoms with Crippen LogP contribution in [0.5, 0.6) is 5.75 Å². The van der Waals surface area contributed by atoms with Crippen LogP contribution in [0.4, 0.5) is 38.3 Å². The number of hydrogen-bond acceptors (Lipinski definition) is 8. The van der Waals surface area contributed by atoms with Crippen LogP contribution < -0.4 is 15.0 Å². The largest absolute Gasteiger partial charge is 0.464 e. The number of aryl methyl sites for hydroxylation is 1. The zero-order chi connectivity index (χ0) is 25.8. The molecular weight excluding hydrogens is 496 g/mol. The minimum atomic E-state index is -4.93. The summed E-state index contributed by atoms with van der Waals surface area (Å²) < 4.78 is 90.9. The van der Waals surface area contributed by atoms with Crippen LogP contribution >= 0.6 is 0 Å². The van der Waals surface area contributed by atoms with Crippen molar-refractivity contribution in [2.24, 2.45) is 11.8 Å². The van der Waals surface area contributed by atoms with E-state index in [4.69, 9.17) is 15.6 Å². The van der Waals surface area contributed by atoms with E-state index < -0.39 is 35.5 Å². The maximum Gasteiger partial charge on any atom is 0.437 e. The summed E-state index contributed by atoms with van der Waals surface area (Å²) in [6, 6.07) is 1.55. The third kappa shape index (κ3) is 4.35. The van der Waals surface area contributed by atoms with Gasteiger partial charge in [0, 0.05) is 26.1 Å². The number of rotatable bonds is 5. The van der Waals surface area contributed by atoms with Gasteiger partial charge in [0.25, 0.3) is 6.10 Å². The molecule has 2 fully saturated rings. The lowest BCUT2D eigenvalue weighted by Crippen LogP contribution is -2.48. The Balaban J connectivity index is 1.44. The molecule has 2 aliphatic rings. The van der Waals surface area contributed by atoms with Crippen molar-refractivity contribution in [3.63, 3.8) is 0 Å². The van der Waals surface area contributed by atoms with Crippen molar-refractivity contribution in [3.8, 4) is 18.1 Å². The van der Waals surface area contributed by atoms with Gasteiger partial charge in [0.2, 0.25) is 11.8 Å². The van der Waals surface area contributed by atoms with Gasteiger partial charge in [-0.15, -0.1) is 16.6 Å². The maximum absolute atomic E-state index is 13.6. The number of nitrogens with one attached hydrogen (secondary N) is 1. The Morgan fingerprint density at radius 3 is 2.39 bits per heavy atom. The molecule has 1 saturated carbocycles. The number of piperidine rings is 1. The van der Waals surface area contributed by atoms with Crippen LogP contribution in [0.2, 0.25) is 0 Å². The monoisotopic (exact) mass is 515 g/mol. The Kier molecular flexibility index (Phi) is 5.64. The lowest BCUT2D eigenvalue weighted by molar-refractivity contribution is -0.176. The molecule has 0 spiro atoms. The molecule has 5 rings (SSSR count). The molecule has 9 nitrogen and oxygen atoms in total. The molecule has 1 N–H and O–H groups in total. The van der Waals surface area contributed by atoms with Crippen molar-refractivity contribution in [2.75, 3.05) is 23.3 Å². The third-order valence-corrected chi connectivity index (χ3v) is 6.35. The van der Waals surface area contributed by atoms with Crippen LogP contribution in [0, 0.1) is 31.1 Å². The molecule has 0 amide bonds. The van der Waals surface area contributed by atoms with Crippen LogP contribution in [0.1, 0.15) is 24.4 Å². The van der Waals surface area contributed by atoms with E-state index in [1.54, 1.807) is 6.92 Å². The molecule has 1 aliphatic carbocycles. The zero-order valence-electron chi connectivity index (χ0n) is 18.6. The highest BCUT2D eigenvalue weighted by Gasteiger charge is 2.45. The summed E-state index contributed by atoms with van der Waals surface area (Å²) in [6.07, 6.45) is -5.83. The summed E-state index contributed by atoms with van der Waals surface area (Å²) in [6.45, 7) is 2.82. The molecule has 1 saturated heterocycles. The second kappa shape index (κ2) is 8.45. The molecule has 3 aromatic rings. The third-order valence-electron chi connectivity index (χ3n) is 6.35. The topological polar surface area (TPSA) is 93.6 Å². The van der Waals surface area contributed by atoms with Crippen LogP contribution in [0.25, 0.3) is 5.65 Å². The van der Waals surface area contributed by atoms with E-state index in [0.717, 1.165) is 18.9 Å². The lowest BCUT2D eigenvalue weighted by Gasteiger charge is -2.37. The Morgan fingerprint density at radius 1 is 1.14 bits per heavy atom. The molecule has 192 valence electrons. The minimum absolute atomic E-state index is 0.0800. The van der Waals surface area contributed by atoms with Crippen LogP contribution in [0.3, 0.4) is 0 Å². The van der Waals surface area contributed by atoms with Gasteiger partial charge in [-0.25, -0.2) is 4.52 Å². The standard InChI is InChI=1S/C21H19F6N7O2/c1-3-15(21(25,26)27)36-13-6-7-14(20(22,23)24)34-17(13)29-18(32-34)28-16-11-4-5-12(16)9-33(8-11)19-31-30-10(2)35-19/h1,6-7,11-12,15-16H,4-5,8-9H2,2H3,(H,28,32)/t11-,12+,15-,16?/m0/s1. The fourth-order valence-electron chi connectivity index (χ4n) is 4.81. The van der Waals surface area contributed by atoms with Gasteiger partial charge in [0.15, 0.2) is 11.4 Å². The Hall–Kier alpha value is -3.70. The summed E-state index contributed by atoms with van der Waals surface area (Å²) in [5.74, 6) is 1.30. The second-order valence-corrected chi connectivity index (χ2v) is 8.73. The predicted molar refractivity (Wildman–Crippen MR) is 112 cm³/mol. The summed E-state index contributed by atoms with van der Waals surface area (Å²) >= 11 is 0. The zero-order valence-corrected chi connectivity index (χ0v) is 18.6. The highest BCUT2D eigenvalue weighted by Crippen LogP contribution is 2.40. The SMILES string of the molecule is C#C[C@H](Oc1ccc(C(F)(F)F)n2nc(NC3[C@@H]4CC[C@H]3CN(c3nnc(C)o3)C4)nc12)C(F)(F)F. The minimum Gasteiger partial charge on any atom is -0.464 e. The van der Waals surface area contributed by atoms with Crippen molar-refractivity contribution in [2.45, 2.75) is 44.3 Å². The highest BCUT2D eigenvalue weighted by atomic mass is 19.4. The van der Waals surface area contributed by atoms with E-state index in [1.807, 2.05) is 4.90 Å². The van der Waals surface area contributed by atoms with Crippen molar-refractivity contribution in [1.29, 1.82) is 0 Å². The number of hydrogen-bond donors (Lipinski definition) is 1. The quantitative estimate of drug-likeness (QED) is 0.406. The first-order chi connectivity index (χ1) is 16.9. The second-order valence-electron chi connectivity index (χ2n) is 8.73. The van der Waals surface area contributed by atoms with Crippen molar-refractivity contribution >= 4 is 17.6 Å². The van der Waals surface area contributed by atoms with E-state index >= 15 is 0 Å². The number of nitrogens with zero attached hydrogens (tertiary/aromatic N) is 6. The fourth-order valence-corrected chi connectivity index (χ4v) is 4.81. The fraction of sp³-hybridized carbons (Fsp3) is 0.524. The number of fused-ring (bicyclic) bond motifs is 3. The van der Waals surface area contributed by atoms with Crippen LogP contribution in [-0.2, 0) is 6.18 Å². The number of terminal acetylenes is 1. The van der Waals surface area contributed by atoms with Gasteiger partial charge in [-0.1, -0.05) is 11.0 Å². The molecule has 2 bridgehead atoms. The van der Waals surface area contributed by atoms with Gasteiger partial charge in [-0.05, 0) is 36.8 Å². The average molecular weight is 515 g/mol. The highest BCUT2D eigenvalue weighted by molar-refractivity contribution is 5.58. The molecule has 4 heterocycles. The molecule has 36 heavy (non-hydrogen) atoms. The molecule has 1 unspecified atom stereocenters. The molecule has 15 heteroatoms. The summed E-state index contributed by atoms with van der Waals surface area (Å²) in [7, 11) is 0. The predicted octanol–water partition coefficient (Wildman–Crippen LogP) is 3.71. The van der Waals surface area contributed by atoms with E-state index in [2.05, 4.69) is 25.6 Å². The Bertz CT molecular complexity index is 1300. The number of alkyl halides is 6. The number of anilines is 2. The average Bonchev–Trinajstić information content (AvgIpc) is 3.46. The molecule has 4 atom stereocenters. The lowest BCUT2D eigenvalue weighted by atomic mass is 9.92. The maximum atomic E-state index is 13.6. The number of ether oxygens (including phenoxy) is 1. The Morgan fingerprint density at radius 2 is 1.83 bits per heavy atom. The van der Waals surface area contributed by atoms with Crippen molar-refractivity contribution in [3.05, 3.63) is 23.7 Å². The van der Waals surface area contributed by atoms with Crippen molar-refractivity contribution in [1.82, 2.24) is 24.8 Å². The molecule has 1 aliphatic heterocycles. The number of aromatic nitrogens is 5. The van der Waals surface area contributed by atoms with E-state index in [1.165, 1.54) is 5.92 Å². The van der Waals surface area contributed by atoms with E-state index in [-0.39, 0.29) is 23.8 Å². The summed E-state index contributed by atoms with van der Waals surface area (Å²) in [5, 5.41) is 14.9. The van der Waals surface area contributed by atoms with Crippen LogP contribution in [-0.4, -0.2) is 56.2 Å². The van der Waals surface area contributed by atoms with Gasteiger partial charge in [0.1, 0.15) is 5.69 Å². The van der Waals surface area contributed by atoms with Gasteiger partial charge in [-0.2, -0.15) is 31.3 Å². The van der Waals surface area contributed by atoms with Gasteiger partial charge >= 0.3 is 18.4 Å². The van der Waals surface area contributed by atoms with E-state index in [9.17, 15) is 26.3 Å². The first-order valence-electron chi connectivity index (χ1n) is 10.9.